The van der Waals surface area contributed by atoms with Crippen LogP contribution >= 0.6 is 11.6 Å². The molecule has 0 aliphatic heterocycles. The maximum absolute atomic E-state index is 12.9. The largest absolute Gasteiger partial charge is 0.490 e. The molecule has 0 saturated heterocycles. The number of hydrogen-bond acceptors (Lipinski definition) is 11. The molecule has 5 amide bonds. The van der Waals surface area contributed by atoms with Gasteiger partial charge in [0.2, 0.25) is 17.7 Å². The van der Waals surface area contributed by atoms with E-state index in [4.69, 9.17) is 44.6 Å². The molecule has 16 nitrogen and oxygen atoms in total. The molecule has 0 heterocycles. The number of nitrogens with two attached hydrogens (primary N) is 4. The molecule has 0 saturated carbocycles. The molecule has 0 aromatic heterocycles. The van der Waals surface area contributed by atoms with Gasteiger partial charge in [-0.15, -0.1) is 0 Å². The number of nitrogens with one attached hydrogen (secondary N) is 5. The molecule has 18 heteroatoms. The summed E-state index contributed by atoms with van der Waals surface area (Å²) < 4.78 is 0. The van der Waals surface area contributed by atoms with E-state index in [1.807, 2.05) is 12.1 Å². The zero-order valence-corrected chi connectivity index (χ0v) is 26.2. The highest BCUT2D eigenvalue weighted by Crippen LogP contribution is 2.22. The fourth-order valence-corrected chi connectivity index (χ4v) is 4.18. The van der Waals surface area contributed by atoms with Crippen molar-refractivity contribution in [1.29, 1.82) is 0 Å². The Morgan fingerprint density at radius 1 is 0.696 bits per heavy atom. The molecular weight excluding hydrogens is 621 g/mol. The molecule has 2 aromatic rings. The van der Waals surface area contributed by atoms with E-state index in [1.165, 1.54) is 0 Å². The van der Waals surface area contributed by atoms with Crippen LogP contribution < -0.4 is 49.5 Å². The fourth-order valence-electron chi connectivity index (χ4n) is 4.06. The van der Waals surface area contributed by atoms with Crippen LogP contribution in [0.4, 0.5) is 0 Å². The first-order valence-electron chi connectivity index (χ1n) is 14.3. The van der Waals surface area contributed by atoms with Crippen molar-refractivity contribution in [3.63, 3.8) is 0 Å². The Kier molecular flexibility index (Phi) is 15.0. The molecule has 46 heavy (non-hydrogen) atoms. The SMILES string of the molecule is CC(C)C[C@H](NC(=O)[C@H](N)NC(=O)[C@H](CN)NC(=O)[C@H](CN)NC(=O)c1ccc(-c2ccc(Cl)cc2)cc1)C(=O)N[C@@H](N)B(O)O. The van der Waals surface area contributed by atoms with Crippen LogP contribution in [0.25, 0.3) is 11.1 Å². The third kappa shape index (κ3) is 11.7. The molecule has 0 unspecified atom stereocenters. The topological polar surface area (TPSA) is 290 Å². The third-order valence-electron chi connectivity index (χ3n) is 6.60. The summed E-state index contributed by atoms with van der Waals surface area (Å²) in [6.07, 6.45) is -1.54. The molecular formula is C28H41BClN9O7. The number of carbonyl (C=O) groups is 5. The first-order valence-corrected chi connectivity index (χ1v) is 14.7. The summed E-state index contributed by atoms with van der Waals surface area (Å²) in [6.45, 7) is 2.85. The van der Waals surface area contributed by atoms with Crippen molar-refractivity contribution < 1.29 is 34.0 Å². The Bertz CT molecular complexity index is 1350. The summed E-state index contributed by atoms with van der Waals surface area (Å²) in [5.41, 5.74) is 24.6. The Morgan fingerprint density at radius 3 is 1.65 bits per heavy atom. The highest BCUT2D eigenvalue weighted by Gasteiger charge is 2.31. The average molecular weight is 662 g/mol. The first kappa shape index (κ1) is 38.1. The summed E-state index contributed by atoms with van der Waals surface area (Å²) in [6, 6.07) is 8.49. The Balaban J connectivity index is 1.98. The average Bonchev–Trinajstić information content (AvgIpc) is 3.01. The Hall–Kier alpha value is -4.10. The van der Waals surface area contributed by atoms with Crippen LogP contribution in [0.5, 0.6) is 0 Å². The zero-order valence-electron chi connectivity index (χ0n) is 25.4. The van der Waals surface area contributed by atoms with E-state index >= 15 is 0 Å². The van der Waals surface area contributed by atoms with Crippen LogP contribution in [-0.4, -0.2) is 90.1 Å². The van der Waals surface area contributed by atoms with Crippen LogP contribution in [0.3, 0.4) is 0 Å². The van der Waals surface area contributed by atoms with Gasteiger partial charge in [-0.3, -0.25) is 24.0 Å². The molecule has 0 aliphatic carbocycles. The molecule has 15 N–H and O–H groups in total. The van der Waals surface area contributed by atoms with Crippen molar-refractivity contribution in [3.05, 3.63) is 59.1 Å². The summed E-state index contributed by atoms with van der Waals surface area (Å²) in [7, 11) is -2.04. The second kappa shape index (κ2) is 18.2. The van der Waals surface area contributed by atoms with Crippen LogP contribution in [0.15, 0.2) is 48.5 Å². The second-order valence-electron chi connectivity index (χ2n) is 10.8. The Labute approximate surface area is 271 Å². The van der Waals surface area contributed by atoms with E-state index in [0.717, 1.165) is 11.1 Å². The summed E-state index contributed by atoms with van der Waals surface area (Å²) in [5, 5.41) is 30.5. The molecule has 0 spiro atoms. The molecule has 0 radical (unpaired) electrons. The van der Waals surface area contributed by atoms with Crippen molar-refractivity contribution in [2.24, 2.45) is 28.9 Å². The minimum atomic E-state index is -2.04. The number of rotatable bonds is 16. The van der Waals surface area contributed by atoms with E-state index in [-0.39, 0.29) is 24.4 Å². The second-order valence-corrected chi connectivity index (χ2v) is 11.2. The highest BCUT2D eigenvalue weighted by atomic mass is 35.5. The minimum Gasteiger partial charge on any atom is -0.425 e. The molecule has 2 rings (SSSR count). The first-order chi connectivity index (χ1) is 21.7. The number of hydrogen-bond donors (Lipinski definition) is 11. The van der Waals surface area contributed by atoms with Crippen LogP contribution in [-0.2, 0) is 19.2 Å². The van der Waals surface area contributed by atoms with Crippen LogP contribution in [0, 0.1) is 5.92 Å². The van der Waals surface area contributed by atoms with Gasteiger partial charge in [0.05, 0.1) is 0 Å². The van der Waals surface area contributed by atoms with Gasteiger partial charge in [0.1, 0.15) is 24.2 Å². The third-order valence-corrected chi connectivity index (χ3v) is 6.85. The fraction of sp³-hybridized carbons (Fsp3) is 0.393. The lowest BCUT2D eigenvalue weighted by Crippen LogP contribution is -2.63. The quantitative estimate of drug-likeness (QED) is 0.0631. The van der Waals surface area contributed by atoms with Crippen molar-refractivity contribution in [3.8, 4) is 11.1 Å². The monoisotopic (exact) mass is 661 g/mol. The zero-order chi connectivity index (χ0) is 34.6. The molecule has 0 aliphatic rings. The van der Waals surface area contributed by atoms with Gasteiger partial charge in [-0.25, -0.2) is 0 Å². The van der Waals surface area contributed by atoms with Gasteiger partial charge in [-0.2, -0.15) is 0 Å². The van der Waals surface area contributed by atoms with Gasteiger partial charge in [0, 0.05) is 23.7 Å². The van der Waals surface area contributed by atoms with Crippen LogP contribution in [0.1, 0.15) is 30.6 Å². The smallest absolute Gasteiger partial charge is 0.425 e. The molecule has 0 bridgehead atoms. The number of carbonyl (C=O) groups excluding carboxylic acids is 5. The van der Waals surface area contributed by atoms with Crippen molar-refractivity contribution in [1.82, 2.24) is 26.6 Å². The summed E-state index contributed by atoms with van der Waals surface area (Å²) in [4.78, 5) is 63.8. The van der Waals surface area contributed by atoms with E-state index in [9.17, 15) is 24.0 Å². The number of benzene rings is 2. The van der Waals surface area contributed by atoms with Crippen molar-refractivity contribution >= 4 is 48.3 Å². The van der Waals surface area contributed by atoms with Gasteiger partial charge in [0.25, 0.3) is 11.8 Å². The lowest BCUT2D eigenvalue weighted by Gasteiger charge is -2.25. The van der Waals surface area contributed by atoms with E-state index in [1.54, 1.807) is 50.2 Å². The maximum atomic E-state index is 12.9. The van der Waals surface area contributed by atoms with Gasteiger partial charge in [-0.05, 0) is 47.7 Å². The standard InChI is InChI=1S/C28H41BClN9O7/c1-14(2)11-19(24(41)39-28(34)29(45)46)35-27(44)22(33)38-26(43)21(13-32)37-25(42)20(12-31)36-23(40)17-5-3-15(4-6-17)16-7-9-18(30)10-8-16/h3-10,14,19-22,28,45-46H,11-13,31-34H2,1-2H3,(H,35,44)(H,36,40)(H,37,42)(H,38,43)(H,39,41)/t19-,20-,21-,22+,28+/m0/s1. The summed E-state index contributed by atoms with van der Waals surface area (Å²) in [5.74, 6) is -4.17. The molecule has 250 valence electrons. The summed E-state index contributed by atoms with van der Waals surface area (Å²) >= 11 is 5.93. The van der Waals surface area contributed by atoms with Gasteiger partial charge in [-0.1, -0.05) is 49.7 Å². The van der Waals surface area contributed by atoms with Gasteiger partial charge in [0.15, 0.2) is 6.17 Å². The van der Waals surface area contributed by atoms with E-state index in [0.29, 0.717) is 5.02 Å². The van der Waals surface area contributed by atoms with Gasteiger partial charge < -0.3 is 59.6 Å². The Morgan fingerprint density at radius 2 is 1.15 bits per heavy atom. The van der Waals surface area contributed by atoms with Crippen molar-refractivity contribution in [2.75, 3.05) is 13.1 Å². The van der Waals surface area contributed by atoms with E-state index in [2.05, 4.69) is 26.6 Å². The normalized spacial score (nSPS) is 14.2. The molecule has 5 atom stereocenters. The van der Waals surface area contributed by atoms with Crippen LogP contribution in [0.2, 0.25) is 5.02 Å². The van der Waals surface area contributed by atoms with Crippen molar-refractivity contribution in [2.45, 2.75) is 50.6 Å². The lowest BCUT2D eigenvalue weighted by atomic mass is 9.86. The molecule has 2 aromatic carbocycles. The maximum Gasteiger partial charge on any atom is 0.490 e. The molecule has 0 fully saturated rings. The number of halogens is 1. The van der Waals surface area contributed by atoms with Gasteiger partial charge >= 0.3 is 7.12 Å². The predicted molar refractivity (Wildman–Crippen MR) is 172 cm³/mol. The number of amides is 5. The predicted octanol–water partition coefficient (Wildman–Crippen LogP) is -3.15. The lowest BCUT2D eigenvalue weighted by molar-refractivity contribution is -0.134. The minimum absolute atomic E-state index is 0.0846. The van der Waals surface area contributed by atoms with E-state index < -0.39 is 73.6 Å². The highest BCUT2D eigenvalue weighted by molar-refractivity contribution is 6.43.